The van der Waals surface area contributed by atoms with Crippen LogP contribution in [0.1, 0.15) is 23.6 Å². The number of rotatable bonds is 7. The van der Waals surface area contributed by atoms with Gasteiger partial charge in [0.15, 0.2) is 5.96 Å². The first-order chi connectivity index (χ1) is 14.6. The van der Waals surface area contributed by atoms with Crippen LogP contribution in [0.4, 0.5) is 0 Å². The smallest absolute Gasteiger partial charge is 0.243 e. The minimum absolute atomic E-state index is 0.0480. The molecule has 0 aliphatic carbocycles. The fraction of sp³-hybridized carbons (Fsp3) is 0.391. The third-order valence-corrected chi connectivity index (χ3v) is 5.02. The van der Waals surface area contributed by atoms with Crippen molar-refractivity contribution in [2.45, 2.75) is 18.9 Å². The van der Waals surface area contributed by atoms with Crippen molar-refractivity contribution in [3.8, 4) is 11.5 Å². The van der Waals surface area contributed by atoms with E-state index in [1.54, 1.807) is 26.1 Å². The summed E-state index contributed by atoms with van der Waals surface area (Å²) in [4.78, 5) is 18.1. The van der Waals surface area contributed by atoms with E-state index in [9.17, 15) is 4.79 Å². The van der Waals surface area contributed by atoms with E-state index >= 15 is 0 Å². The number of likely N-dealkylation sites (N-methyl/N-ethyl adjacent to an activating group) is 1. The van der Waals surface area contributed by atoms with Crippen LogP contribution in [0.25, 0.3) is 0 Å². The molecule has 7 nitrogen and oxygen atoms in total. The van der Waals surface area contributed by atoms with E-state index < -0.39 is 0 Å². The van der Waals surface area contributed by atoms with Crippen molar-refractivity contribution in [2.24, 2.45) is 4.99 Å². The predicted molar refractivity (Wildman–Crippen MR) is 118 cm³/mol. The molecule has 2 aromatic carbocycles. The highest BCUT2D eigenvalue weighted by molar-refractivity contribution is 5.85. The molecule has 1 aliphatic heterocycles. The lowest BCUT2D eigenvalue weighted by atomic mass is 10.0. The van der Waals surface area contributed by atoms with Gasteiger partial charge in [-0.3, -0.25) is 4.79 Å². The molecule has 0 saturated carbocycles. The van der Waals surface area contributed by atoms with Gasteiger partial charge in [-0.15, -0.1) is 0 Å². The van der Waals surface area contributed by atoms with Crippen LogP contribution in [0.15, 0.2) is 53.5 Å². The van der Waals surface area contributed by atoms with Crippen LogP contribution in [0.5, 0.6) is 11.5 Å². The predicted octanol–water partition coefficient (Wildman–Crippen LogP) is 2.38. The summed E-state index contributed by atoms with van der Waals surface area (Å²) < 4.78 is 11.2. The first-order valence-corrected chi connectivity index (χ1v) is 10.2. The topological polar surface area (TPSA) is 75.2 Å². The van der Waals surface area contributed by atoms with Crippen molar-refractivity contribution in [3.63, 3.8) is 0 Å². The van der Waals surface area contributed by atoms with E-state index in [1.807, 2.05) is 36.4 Å². The van der Waals surface area contributed by atoms with Gasteiger partial charge < -0.3 is 25.0 Å². The van der Waals surface area contributed by atoms with Gasteiger partial charge in [-0.05, 0) is 24.1 Å². The highest BCUT2D eigenvalue weighted by Gasteiger charge is 2.22. The van der Waals surface area contributed by atoms with Crippen molar-refractivity contribution in [3.05, 3.63) is 59.7 Å². The van der Waals surface area contributed by atoms with E-state index in [0.717, 1.165) is 35.5 Å². The number of guanidine groups is 1. The molecule has 3 rings (SSSR count). The van der Waals surface area contributed by atoms with Crippen LogP contribution in [0, 0.1) is 0 Å². The first-order valence-electron chi connectivity index (χ1n) is 10.2. The molecule has 2 N–H and O–H groups in total. The Morgan fingerprint density at radius 3 is 2.77 bits per heavy atom. The highest BCUT2D eigenvalue weighted by Crippen LogP contribution is 2.31. The van der Waals surface area contributed by atoms with E-state index in [-0.39, 0.29) is 18.5 Å². The summed E-state index contributed by atoms with van der Waals surface area (Å²) >= 11 is 0. The highest BCUT2D eigenvalue weighted by atomic mass is 16.5. The number of hydrogen-bond acceptors (Lipinski definition) is 4. The number of nitrogens with one attached hydrogen (secondary N) is 2. The Bertz CT molecular complexity index is 882. The number of para-hydroxylation sites is 2. The summed E-state index contributed by atoms with van der Waals surface area (Å²) in [5, 5.41) is 6.84. The molecule has 1 aliphatic rings. The monoisotopic (exact) mass is 410 g/mol. The average molecular weight is 411 g/mol. The van der Waals surface area contributed by atoms with Gasteiger partial charge in [0, 0.05) is 32.6 Å². The van der Waals surface area contributed by atoms with Crippen LogP contribution >= 0.6 is 0 Å². The van der Waals surface area contributed by atoms with Gasteiger partial charge in [-0.2, -0.15) is 0 Å². The van der Waals surface area contributed by atoms with E-state index in [0.29, 0.717) is 19.1 Å². The summed E-state index contributed by atoms with van der Waals surface area (Å²) in [6, 6.07) is 16.0. The SMILES string of the molecule is COc1ccccc1CCNC(=NCC(=O)N(C)C)NC1CCOc2ccccc21. The van der Waals surface area contributed by atoms with Crippen LogP contribution in [0.3, 0.4) is 0 Å². The van der Waals surface area contributed by atoms with Crippen molar-refractivity contribution >= 4 is 11.9 Å². The van der Waals surface area contributed by atoms with Crippen molar-refractivity contribution in [1.29, 1.82) is 0 Å². The molecule has 0 bridgehead atoms. The van der Waals surface area contributed by atoms with E-state index in [2.05, 4.69) is 27.8 Å². The number of amides is 1. The minimum Gasteiger partial charge on any atom is -0.496 e. The number of carbonyl (C=O) groups is 1. The van der Waals surface area contributed by atoms with Crippen molar-refractivity contribution in [2.75, 3.05) is 40.9 Å². The normalized spacial score (nSPS) is 15.6. The zero-order valence-electron chi connectivity index (χ0n) is 17.9. The van der Waals surface area contributed by atoms with Crippen LogP contribution < -0.4 is 20.1 Å². The second-order valence-electron chi connectivity index (χ2n) is 7.31. The van der Waals surface area contributed by atoms with Crippen LogP contribution in [-0.2, 0) is 11.2 Å². The molecule has 0 saturated heterocycles. The molecule has 0 aromatic heterocycles. The van der Waals surface area contributed by atoms with Gasteiger partial charge in [0.25, 0.3) is 0 Å². The first kappa shape index (κ1) is 21.5. The Morgan fingerprint density at radius 2 is 1.97 bits per heavy atom. The standard InChI is InChI=1S/C23H30N4O3/c1-27(2)22(28)16-25-23(24-14-12-17-8-4-6-10-20(17)29-3)26-19-13-15-30-21-11-7-5-9-18(19)21/h4-11,19H,12-16H2,1-3H3,(H2,24,25,26). The molecule has 0 fully saturated rings. The third-order valence-electron chi connectivity index (χ3n) is 5.02. The number of methoxy groups -OCH3 is 1. The minimum atomic E-state index is -0.0480. The maximum atomic E-state index is 12.0. The Hall–Kier alpha value is -3.22. The lowest BCUT2D eigenvalue weighted by Crippen LogP contribution is -2.42. The average Bonchev–Trinajstić information content (AvgIpc) is 2.77. The third kappa shape index (κ3) is 5.65. The van der Waals surface area contributed by atoms with Gasteiger partial charge in [-0.1, -0.05) is 36.4 Å². The molecular formula is C23H30N4O3. The summed E-state index contributed by atoms with van der Waals surface area (Å²) in [5.41, 5.74) is 2.22. The summed E-state index contributed by atoms with van der Waals surface area (Å²) in [6.07, 6.45) is 1.60. The summed E-state index contributed by atoms with van der Waals surface area (Å²) in [6.45, 7) is 1.38. The Kier molecular flexibility index (Phi) is 7.54. The van der Waals surface area contributed by atoms with Crippen molar-refractivity contribution in [1.82, 2.24) is 15.5 Å². The number of ether oxygens (including phenoxy) is 2. The van der Waals surface area contributed by atoms with E-state index in [1.165, 1.54) is 0 Å². The van der Waals surface area contributed by atoms with Gasteiger partial charge in [-0.25, -0.2) is 4.99 Å². The fourth-order valence-corrected chi connectivity index (χ4v) is 3.32. The molecule has 1 unspecified atom stereocenters. The molecule has 30 heavy (non-hydrogen) atoms. The van der Waals surface area contributed by atoms with Gasteiger partial charge in [0.05, 0.1) is 19.8 Å². The van der Waals surface area contributed by atoms with Gasteiger partial charge in [0.1, 0.15) is 18.0 Å². The van der Waals surface area contributed by atoms with Crippen LogP contribution in [0.2, 0.25) is 0 Å². The molecule has 1 atom stereocenters. The van der Waals surface area contributed by atoms with E-state index in [4.69, 9.17) is 9.47 Å². The second kappa shape index (κ2) is 10.5. The number of carbonyl (C=O) groups excluding carboxylic acids is 1. The number of benzene rings is 2. The lowest BCUT2D eigenvalue weighted by molar-refractivity contribution is -0.127. The number of nitrogens with zero attached hydrogens (tertiary/aromatic N) is 2. The molecule has 7 heteroatoms. The summed E-state index contributed by atoms with van der Waals surface area (Å²) in [5.74, 6) is 2.32. The maximum absolute atomic E-state index is 12.0. The molecule has 2 aromatic rings. The molecule has 1 amide bonds. The van der Waals surface area contributed by atoms with Gasteiger partial charge in [0.2, 0.25) is 5.91 Å². The van der Waals surface area contributed by atoms with Gasteiger partial charge >= 0.3 is 0 Å². The molecule has 0 spiro atoms. The quantitative estimate of drug-likeness (QED) is 0.542. The molecular weight excluding hydrogens is 380 g/mol. The Labute approximate surface area is 178 Å². The van der Waals surface area contributed by atoms with Crippen molar-refractivity contribution < 1.29 is 14.3 Å². The second-order valence-corrected chi connectivity index (χ2v) is 7.31. The maximum Gasteiger partial charge on any atom is 0.243 e. The zero-order chi connectivity index (χ0) is 21.3. The Balaban J connectivity index is 1.69. The Morgan fingerprint density at radius 1 is 1.20 bits per heavy atom. The number of aliphatic imine (C=N–C) groups is 1. The van der Waals surface area contributed by atoms with Crippen LogP contribution in [-0.4, -0.2) is 57.7 Å². The zero-order valence-corrected chi connectivity index (χ0v) is 17.9. The molecule has 0 radical (unpaired) electrons. The molecule has 160 valence electrons. The number of hydrogen-bond donors (Lipinski definition) is 2. The lowest BCUT2D eigenvalue weighted by Gasteiger charge is -2.28. The number of fused-ring (bicyclic) bond motifs is 1. The largest absolute Gasteiger partial charge is 0.496 e. The summed E-state index contributed by atoms with van der Waals surface area (Å²) in [7, 11) is 5.14. The fourth-order valence-electron chi connectivity index (χ4n) is 3.32. The molecule has 1 heterocycles.